The molecule has 0 radical (unpaired) electrons. The van der Waals surface area contributed by atoms with Crippen molar-refractivity contribution in [2.45, 2.75) is 31.8 Å². The third-order valence-corrected chi connectivity index (χ3v) is 3.12. The van der Waals surface area contributed by atoms with Crippen molar-refractivity contribution in [3.8, 4) is 0 Å². The number of nitrogen functional groups attached to an aromatic ring is 1. The van der Waals surface area contributed by atoms with E-state index < -0.39 is 17.9 Å². The number of aromatic nitrogens is 5. The molecule has 3 atom stereocenters. The summed E-state index contributed by atoms with van der Waals surface area (Å²) in [5.41, 5.74) is 5.29. The molecule has 20 heavy (non-hydrogen) atoms. The Morgan fingerprint density at radius 3 is 3.15 bits per heavy atom. The molecule has 0 unspecified atom stereocenters. The van der Waals surface area contributed by atoms with Crippen LogP contribution in [0.2, 0.25) is 0 Å². The van der Waals surface area contributed by atoms with Crippen molar-refractivity contribution in [2.24, 2.45) is 0 Å². The molecule has 9 nitrogen and oxygen atoms in total. The molecule has 2 aromatic heterocycles. The van der Waals surface area contributed by atoms with E-state index in [0.717, 1.165) is 0 Å². The highest BCUT2D eigenvalue weighted by Crippen LogP contribution is 2.30. The van der Waals surface area contributed by atoms with Crippen LogP contribution in [0.1, 0.15) is 19.6 Å². The number of allylic oxidation sites excluding steroid dienone is 1. The molecule has 0 aliphatic carbocycles. The lowest BCUT2D eigenvalue weighted by Crippen LogP contribution is -2.22. The Hall–Kier alpha value is -2.26. The number of aliphatic hydroxyl groups is 1. The molecule has 3 heterocycles. The zero-order chi connectivity index (χ0) is 14.3. The van der Waals surface area contributed by atoms with Crippen molar-refractivity contribution >= 4 is 17.1 Å². The van der Waals surface area contributed by atoms with Crippen LogP contribution in [0.3, 0.4) is 0 Å². The summed E-state index contributed by atoms with van der Waals surface area (Å²) in [7, 11) is 0. The summed E-state index contributed by atoms with van der Waals surface area (Å²) in [6, 6.07) is 0. The maximum absolute atomic E-state index is 11.7. The summed E-state index contributed by atoms with van der Waals surface area (Å²) in [5, 5.41) is 17.7. The van der Waals surface area contributed by atoms with Gasteiger partial charge < -0.3 is 15.6 Å². The van der Waals surface area contributed by atoms with Crippen molar-refractivity contribution in [3.05, 3.63) is 22.5 Å². The first-order valence-corrected chi connectivity index (χ1v) is 6.17. The van der Waals surface area contributed by atoms with Crippen molar-refractivity contribution in [1.29, 1.82) is 0 Å². The largest absolute Gasteiger partial charge is 0.388 e. The second-order valence-corrected chi connectivity index (χ2v) is 4.55. The van der Waals surface area contributed by atoms with E-state index in [2.05, 4.69) is 20.3 Å². The number of rotatable bonds is 2. The van der Waals surface area contributed by atoms with Crippen LogP contribution in [-0.4, -0.2) is 42.3 Å². The van der Waals surface area contributed by atoms with E-state index in [1.807, 2.05) is 19.1 Å². The van der Waals surface area contributed by atoms with Gasteiger partial charge in [0.25, 0.3) is 5.56 Å². The molecule has 1 aliphatic heterocycles. The van der Waals surface area contributed by atoms with E-state index in [1.54, 1.807) is 0 Å². The monoisotopic (exact) mass is 278 g/mol. The van der Waals surface area contributed by atoms with Crippen molar-refractivity contribution in [3.63, 3.8) is 0 Å². The van der Waals surface area contributed by atoms with Gasteiger partial charge in [-0.3, -0.25) is 9.78 Å². The number of nitrogens with zero attached hydrogens (tertiary/aromatic N) is 4. The third kappa shape index (κ3) is 1.96. The second-order valence-electron chi connectivity index (χ2n) is 4.55. The fourth-order valence-electron chi connectivity index (χ4n) is 2.27. The van der Waals surface area contributed by atoms with Gasteiger partial charge in [-0.15, -0.1) is 5.10 Å². The SMILES string of the molecule is C/C=C/[C@@H]1C[C@@H](O)[C@H](n2nnc3c(=O)[nH]c(N)nc32)O1. The zero-order valence-electron chi connectivity index (χ0n) is 10.7. The van der Waals surface area contributed by atoms with Gasteiger partial charge in [-0.25, -0.2) is 0 Å². The Morgan fingerprint density at radius 2 is 2.40 bits per heavy atom. The maximum atomic E-state index is 11.7. The van der Waals surface area contributed by atoms with E-state index >= 15 is 0 Å². The average molecular weight is 278 g/mol. The summed E-state index contributed by atoms with van der Waals surface area (Å²) < 4.78 is 6.96. The van der Waals surface area contributed by atoms with Crippen molar-refractivity contribution in [1.82, 2.24) is 25.0 Å². The lowest BCUT2D eigenvalue weighted by atomic mass is 10.2. The second kappa shape index (κ2) is 4.69. The lowest BCUT2D eigenvalue weighted by Gasteiger charge is -2.14. The Balaban J connectivity index is 2.05. The van der Waals surface area contributed by atoms with Gasteiger partial charge in [0.05, 0.1) is 6.10 Å². The number of ether oxygens (including phenoxy) is 1. The summed E-state index contributed by atoms with van der Waals surface area (Å²) in [6.45, 7) is 1.87. The van der Waals surface area contributed by atoms with Crippen LogP contribution < -0.4 is 11.3 Å². The molecule has 9 heteroatoms. The van der Waals surface area contributed by atoms with Gasteiger partial charge >= 0.3 is 0 Å². The standard InChI is InChI=1S/C11H14N6O3/c1-2-3-5-4-6(18)10(20-5)17-8-7(15-16-17)9(19)14-11(12)13-8/h2-3,5-6,10,18H,4H2,1H3,(H3,12,13,14,19)/b3-2+/t5-,6-,10-/m1/s1. The molecule has 106 valence electrons. The van der Waals surface area contributed by atoms with Crippen LogP contribution in [0.25, 0.3) is 11.2 Å². The highest BCUT2D eigenvalue weighted by atomic mass is 16.5. The highest BCUT2D eigenvalue weighted by Gasteiger charge is 2.36. The van der Waals surface area contributed by atoms with Gasteiger partial charge in [0.1, 0.15) is 6.10 Å². The van der Waals surface area contributed by atoms with Gasteiger partial charge in [-0.2, -0.15) is 9.67 Å². The fourth-order valence-corrected chi connectivity index (χ4v) is 2.27. The Kier molecular flexibility index (Phi) is 2.99. The number of aromatic amines is 1. The van der Waals surface area contributed by atoms with Crippen LogP contribution in [0, 0.1) is 0 Å². The molecule has 0 saturated carbocycles. The van der Waals surface area contributed by atoms with Gasteiger partial charge in [-0.05, 0) is 6.92 Å². The predicted molar refractivity (Wildman–Crippen MR) is 69.7 cm³/mol. The minimum atomic E-state index is -0.761. The molecular formula is C11H14N6O3. The first kappa shape index (κ1) is 12.8. The molecule has 0 amide bonds. The Labute approximate surface area is 113 Å². The van der Waals surface area contributed by atoms with E-state index in [1.165, 1.54) is 4.68 Å². The predicted octanol–water partition coefficient (Wildman–Crippen LogP) is -0.679. The Bertz CT molecular complexity index is 721. The van der Waals surface area contributed by atoms with Gasteiger partial charge in [0.2, 0.25) is 5.95 Å². The van der Waals surface area contributed by atoms with E-state index in [9.17, 15) is 9.90 Å². The molecule has 1 fully saturated rings. The molecule has 0 aromatic carbocycles. The van der Waals surface area contributed by atoms with Crippen LogP contribution in [-0.2, 0) is 4.74 Å². The smallest absolute Gasteiger partial charge is 0.282 e. The number of hydrogen-bond donors (Lipinski definition) is 3. The van der Waals surface area contributed by atoms with Gasteiger partial charge in [0.15, 0.2) is 17.4 Å². The first-order valence-electron chi connectivity index (χ1n) is 6.17. The molecule has 0 spiro atoms. The van der Waals surface area contributed by atoms with Crippen LogP contribution in [0.4, 0.5) is 5.95 Å². The number of anilines is 1. The quantitative estimate of drug-likeness (QED) is 0.620. The van der Waals surface area contributed by atoms with Crippen LogP contribution >= 0.6 is 0 Å². The number of fused-ring (bicyclic) bond motifs is 1. The summed E-state index contributed by atoms with van der Waals surface area (Å²) >= 11 is 0. The number of H-pyrrole nitrogens is 1. The summed E-state index contributed by atoms with van der Waals surface area (Å²) in [5.74, 6) is -0.0384. The van der Waals surface area contributed by atoms with Gasteiger partial charge in [-0.1, -0.05) is 17.4 Å². The van der Waals surface area contributed by atoms with Crippen LogP contribution in [0.15, 0.2) is 16.9 Å². The molecule has 0 bridgehead atoms. The van der Waals surface area contributed by atoms with E-state index in [4.69, 9.17) is 10.5 Å². The topological polar surface area (TPSA) is 132 Å². The van der Waals surface area contributed by atoms with Crippen molar-refractivity contribution in [2.75, 3.05) is 5.73 Å². The Morgan fingerprint density at radius 1 is 1.60 bits per heavy atom. The summed E-state index contributed by atoms with van der Waals surface area (Å²) in [6.07, 6.45) is 2.42. The third-order valence-electron chi connectivity index (χ3n) is 3.12. The molecular weight excluding hydrogens is 264 g/mol. The number of hydrogen-bond acceptors (Lipinski definition) is 7. The normalized spacial score (nSPS) is 26.8. The minimum absolute atomic E-state index is 0.0384. The van der Waals surface area contributed by atoms with Crippen molar-refractivity contribution < 1.29 is 9.84 Å². The number of aliphatic hydroxyl groups excluding tert-OH is 1. The van der Waals surface area contributed by atoms with Crippen LogP contribution in [0.5, 0.6) is 0 Å². The average Bonchev–Trinajstić information content (AvgIpc) is 2.93. The highest BCUT2D eigenvalue weighted by molar-refractivity contribution is 5.69. The molecule has 1 aliphatic rings. The molecule has 4 N–H and O–H groups in total. The first-order chi connectivity index (χ1) is 9.60. The molecule has 2 aromatic rings. The fraction of sp³-hybridized carbons (Fsp3) is 0.455. The van der Waals surface area contributed by atoms with E-state index in [-0.39, 0.29) is 23.2 Å². The number of nitrogens with two attached hydrogens (primary N) is 1. The minimum Gasteiger partial charge on any atom is -0.388 e. The zero-order valence-corrected chi connectivity index (χ0v) is 10.7. The van der Waals surface area contributed by atoms with E-state index in [0.29, 0.717) is 6.42 Å². The lowest BCUT2D eigenvalue weighted by molar-refractivity contribution is -0.0313. The molecule has 1 saturated heterocycles. The summed E-state index contributed by atoms with van der Waals surface area (Å²) in [4.78, 5) is 18.0. The van der Waals surface area contributed by atoms with Gasteiger partial charge in [0, 0.05) is 6.42 Å². The molecule has 3 rings (SSSR count). The maximum Gasteiger partial charge on any atom is 0.282 e. The number of nitrogens with one attached hydrogen (secondary N) is 1.